The maximum atomic E-state index is 10.1. The van der Waals surface area contributed by atoms with Crippen molar-refractivity contribution in [1.82, 2.24) is 5.32 Å². The fourth-order valence-electron chi connectivity index (χ4n) is 1.29. The zero-order valence-electron chi connectivity index (χ0n) is 5.90. The van der Waals surface area contributed by atoms with Crippen LogP contribution in [0, 0.1) is 0 Å². The van der Waals surface area contributed by atoms with Crippen LogP contribution < -0.4 is 5.32 Å². The van der Waals surface area contributed by atoms with Gasteiger partial charge in [0, 0.05) is 6.04 Å². The van der Waals surface area contributed by atoms with E-state index in [9.17, 15) is 4.79 Å². The lowest BCUT2D eigenvalue weighted by molar-refractivity contribution is 0.0438. The first-order chi connectivity index (χ1) is 5.09. The molecule has 64 valence electrons. The number of rotatable bonds is 1. The summed E-state index contributed by atoms with van der Waals surface area (Å²) in [7, 11) is 0. The second-order valence-corrected chi connectivity index (χ2v) is 2.75. The Bertz CT molecular complexity index is 151. The van der Waals surface area contributed by atoms with Crippen molar-refractivity contribution in [2.75, 3.05) is 0 Å². The Morgan fingerprint density at radius 3 is 2.09 bits per heavy atom. The molecule has 1 saturated carbocycles. The molecule has 5 heteroatoms. The third-order valence-corrected chi connectivity index (χ3v) is 1.82. The molecule has 0 spiro atoms. The van der Waals surface area contributed by atoms with E-state index in [4.69, 9.17) is 15.3 Å². The van der Waals surface area contributed by atoms with E-state index in [2.05, 4.69) is 5.32 Å². The van der Waals surface area contributed by atoms with E-state index in [0.717, 1.165) is 0 Å². The molecule has 0 heterocycles. The Labute approximate surface area is 63.7 Å². The van der Waals surface area contributed by atoms with E-state index in [-0.39, 0.29) is 6.04 Å². The predicted octanol–water partition coefficient (Wildman–Crippen LogP) is -0.862. The number of aliphatic hydroxyl groups excluding tert-OH is 2. The summed E-state index contributed by atoms with van der Waals surface area (Å²) in [6.07, 6.45) is -2.09. The average Bonchev–Trinajstić information content (AvgIpc) is 2.10. The highest BCUT2D eigenvalue weighted by molar-refractivity contribution is 5.64. The number of hydrogen-bond acceptors (Lipinski definition) is 3. The van der Waals surface area contributed by atoms with Crippen LogP contribution >= 0.6 is 0 Å². The highest BCUT2D eigenvalue weighted by Gasteiger charge is 2.32. The Balaban J connectivity index is 2.35. The third-order valence-electron chi connectivity index (χ3n) is 1.82. The molecule has 2 atom stereocenters. The number of carboxylic acid groups (broad SMARTS) is 1. The van der Waals surface area contributed by atoms with Gasteiger partial charge in [0.05, 0.1) is 12.2 Å². The van der Waals surface area contributed by atoms with Gasteiger partial charge in [0.1, 0.15) is 0 Å². The molecule has 0 radical (unpaired) electrons. The van der Waals surface area contributed by atoms with Gasteiger partial charge in [0.15, 0.2) is 0 Å². The summed E-state index contributed by atoms with van der Waals surface area (Å²) < 4.78 is 0. The van der Waals surface area contributed by atoms with Gasteiger partial charge in [-0.3, -0.25) is 0 Å². The quantitative estimate of drug-likeness (QED) is 0.403. The number of nitrogens with one attached hydrogen (secondary N) is 1. The lowest BCUT2D eigenvalue weighted by Crippen LogP contribution is -2.31. The second kappa shape index (κ2) is 3.06. The molecular formula is C6H11NO4. The molecule has 1 aliphatic carbocycles. The highest BCUT2D eigenvalue weighted by atomic mass is 16.4. The monoisotopic (exact) mass is 161 g/mol. The van der Waals surface area contributed by atoms with Crippen LogP contribution in [-0.4, -0.2) is 39.7 Å². The molecule has 5 nitrogen and oxygen atoms in total. The standard InChI is InChI=1S/C6H11NO4/c8-4-1-3(2-5(4)9)7-6(10)11/h3-5,7-9H,1-2H2,(H,10,11)/t4-,5-/m0/s1. The third kappa shape index (κ3) is 2.06. The Kier molecular flexibility index (Phi) is 2.31. The molecule has 1 amide bonds. The van der Waals surface area contributed by atoms with Gasteiger partial charge in [0.2, 0.25) is 0 Å². The van der Waals surface area contributed by atoms with Crippen LogP contribution in [0.2, 0.25) is 0 Å². The van der Waals surface area contributed by atoms with Crippen LogP contribution in [0.4, 0.5) is 4.79 Å². The van der Waals surface area contributed by atoms with Crippen LogP contribution in [0.5, 0.6) is 0 Å². The van der Waals surface area contributed by atoms with Crippen molar-refractivity contribution in [3.63, 3.8) is 0 Å². The first-order valence-corrected chi connectivity index (χ1v) is 3.45. The molecule has 0 unspecified atom stereocenters. The smallest absolute Gasteiger partial charge is 0.404 e. The summed E-state index contributed by atoms with van der Waals surface area (Å²) in [5.74, 6) is 0. The zero-order valence-corrected chi connectivity index (χ0v) is 5.90. The van der Waals surface area contributed by atoms with Crippen molar-refractivity contribution in [3.05, 3.63) is 0 Å². The summed E-state index contributed by atoms with van der Waals surface area (Å²) in [6.45, 7) is 0. The van der Waals surface area contributed by atoms with Gasteiger partial charge in [-0.2, -0.15) is 0 Å². The molecule has 0 aromatic heterocycles. The second-order valence-electron chi connectivity index (χ2n) is 2.75. The Morgan fingerprint density at radius 2 is 1.73 bits per heavy atom. The minimum atomic E-state index is -1.11. The van der Waals surface area contributed by atoms with Crippen molar-refractivity contribution >= 4 is 6.09 Å². The van der Waals surface area contributed by atoms with E-state index < -0.39 is 18.3 Å². The van der Waals surface area contributed by atoms with Gasteiger partial charge in [-0.1, -0.05) is 0 Å². The zero-order chi connectivity index (χ0) is 8.43. The normalized spacial score (nSPS) is 32.2. The number of aliphatic hydroxyl groups is 2. The van der Waals surface area contributed by atoms with Gasteiger partial charge in [-0.05, 0) is 12.8 Å². The number of carbonyl (C=O) groups is 1. The van der Waals surface area contributed by atoms with Gasteiger partial charge >= 0.3 is 6.09 Å². The first-order valence-electron chi connectivity index (χ1n) is 3.45. The molecule has 0 aliphatic heterocycles. The van der Waals surface area contributed by atoms with Gasteiger partial charge in [0.25, 0.3) is 0 Å². The number of amides is 1. The van der Waals surface area contributed by atoms with Crippen molar-refractivity contribution in [3.8, 4) is 0 Å². The van der Waals surface area contributed by atoms with Crippen molar-refractivity contribution in [2.45, 2.75) is 31.1 Å². The van der Waals surface area contributed by atoms with Gasteiger partial charge in [-0.25, -0.2) is 4.79 Å². The highest BCUT2D eigenvalue weighted by Crippen LogP contribution is 2.19. The van der Waals surface area contributed by atoms with E-state index in [1.165, 1.54) is 0 Å². The maximum absolute atomic E-state index is 10.1. The van der Waals surface area contributed by atoms with Crippen LogP contribution in [0.15, 0.2) is 0 Å². The summed E-state index contributed by atoms with van der Waals surface area (Å²) in [4.78, 5) is 10.1. The first kappa shape index (κ1) is 8.29. The van der Waals surface area contributed by atoms with E-state index >= 15 is 0 Å². The molecule has 0 aromatic rings. The molecule has 0 bridgehead atoms. The van der Waals surface area contributed by atoms with E-state index in [1.807, 2.05) is 0 Å². The fourth-order valence-corrected chi connectivity index (χ4v) is 1.29. The molecule has 0 saturated heterocycles. The molecule has 11 heavy (non-hydrogen) atoms. The predicted molar refractivity (Wildman–Crippen MR) is 36.2 cm³/mol. The van der Waals surface area contributed by atoms with E-state index in [1.54, 1.807) is 0 Å². The Hall–Kier alpha value is -0.810. The summed E-state index contributed by atoms with van der Waals surface area (Å²) in [5.41, 5.74) is 0. The van der Waals surface area contributed by atoms with Gasteiger partial charge in [-0.15, -0.1) is 0 Å². The van der Waals surface area contributed by atoms with Gasteiger partial charge < -0.3 is 20.6 Å². The molecule has 1 rings (SSSR count). The van der Waals surface area contributed by atoms with Crippen molar-refractivity contribution in [2.24, 2.45) is 0 Å². The lowest BCUT2D eigenvalue weighted by Gasteiger charge is -2.06. The average molecular weight is 161 g/mol. The number of hydrogen-bond donors (Lipinski definition) is 4. The minimum Gasteiger partial charge on any atom is -0.465 e. The van der Waals surface area contributed by atoms with Crippen LogP contribution in [0.3, 0.4) is 0 Å². The summed E-state index contributed by atoms with van der Waals surface area (Å²) >= 11 is 0. The fraction of sp³-hybridized carbons (Fsp3) is 0.833. The minimum absolute atomic E-state index is 0.299. The summed E-state index contributed by atoms with van der Waals surface area (Å²) in [5, 5.41) is 28.5. The Morgan fingerprint density at radius 1 is 1.27 bits per heavy atom. The molecular weight excluding hydrogens is 150 g/mol. The maximum Gasteiger partial charge on any atom is 0.404 e. The molecule has 1 fully saturated rings. The molecule has 4 N–H and O–H groups in total. The molecule has 1 aliphatic rings. The van der Waals surface area contributed by atoms with Crippen LogP contribution in [-0.2, 0) is 0 Å². The SMILES string of the molecule is O=C(O)NC1C[C@H](O)[C@@H](O)C1. The van der Waals surface area contributed by atoms with Crippen LogP contribution in [0.25, 0.3) is 0 Å². The topological polar surface area (TPSA) is 89.8 Å². The van der Waals surface area contributed by atoms with Crippen molar-refractivity contribution < 1.29 is 20.1 Å². The van der Waals surface area contributed by atoms with Crippen LogP contribution in [0.1, 0.15) is 12.8 Å². The van der Waals surface area contributed by atoms with Crippen molar-refractivity contribution in [1.29, 1.82) is 0 Å². The molecule has 0 aromatic carbocycles. The largest absolute Gasteiger partial charge is 0.465 e. The summed E-state index contributed by atoms with van der Waals surface area (Å²) in [6, 6.07) is -0.308. The lowest BCUT2D eigenvalue weighted by atomic mass is 10.2. The van der Waals surface area contributed by atoms with E-state index in [0.29, 0.717) is 12.8 Å².